The van der Waals surface area contributed by atoms with Crippen molar-refractivity contribution in [1.82, 2.24) is 20.0 Å². The molecule has 0 bridgehead atoms. The van der Waals surface area contributed by atoms with Crippen molar-refractivity contribution in [2.75, 3.05) is 44.0 Å². The normalized spacial score (nSPS) is 19.8. The minimum absolute atomic E-state index is 0.0430. The Labute approximate surface area is 193 Å². The van der Waals surface area contributed by atoms with Gasteiger partial charge in [-0.25, -0.2) is 13.4 Å². The third kappa shape index (κ3) is 4.92. The smallest absolute Gasteiger partial charge is 0.244 e. The molecule has 5 rings (SSSR count). The summed E-state index contributed by atoms with van der Waals surface area (Å²) in [6.45, 7) is 4.74. The number of ether oxygens (including phenoxy) is 1. The number of rotatable bonds is 6. The highest BCUT2D eigenvalue weighted by Gasteiger charge is 2.31. The zero-order chi connectivity index (χ0) is 22.8. The number of morpholine rings is 1. The molecule has 1 aromatic carbocycles. The maximum atomic E-state index is 11.7. The number of sulfone groups is 1. The van der Waals surface area contributed by atoms with E-state index in [4.69, 9.17) is 9.26 Å². The van der Waals surface area contributed by atoms with Gasteiger partial charge in [-0.15, -0.1) is 0 Å². The second-order valence-corrected chi connectivity index (χ2v) is 10.5. The standard InChI is InChI=1S/C23H27N5O4S/c1-33(29,30)19-7-4-17(5-8-19)16-28-10-2-3-20(28)23-25-22(26-32-23)18-6-9-21(24-15-18)27-11-13-31-14-12-27/h4-9,15,20H,2-3,10-14,16H2,1H3. The first kappa shape index (κ1) is 22.0. The molecule has 0 aliphatic carbocycles. The number of likely N-dealkylation sites (tertiary alicyclic amines) is 1. The lowest BCUT2D eigenvalue weighted by Gasteiger charge is -2.27. The molecule has 0 N–H and O–H groups in total. The molecule has 0 radical (unpaired) electrons. The maximum absolute atomic E-state index is 11.7. The van der Waals surface area contributed by atoms with Gasteiger partial charge in [0.05, 0.1) is 24.2 Å². The van der Waals surface area contributed by atoms with Crippen LogP contribution in [0.5, 0.6) is 0 Å². The van der Waals surface area contributed by atoms with E-state index >= 15 is 0 Å². The van der Waals surface area contributed by atoms with Gasteiger partial charge in [-0.2, -0.15) is 4.98 Å². The minimum atomic E-state index is -3.19. The molecule has 0 amide bonds. The SMILES string of the molecule is CS(=O)(=O)c1ccc(CN2CCCC2c2nc(-c3ccc(N4CCOCC4)nc3)no2)cc1. The third-order valence-electron chi connectivity index (χ3n) is 6.17. The van der Waals surface area contributed by atoms with Crippen LogP contribution in [0.1, 0.15) is 30.3 Å². The summed E-state index contributed by atoms with van der Waals surface area (Å²) in [5, 5.41) is 4.20. The molecule has 1 atom stereocenters. The Kier molecular flexibility index (Phi) is 6.13. The summed E-state index contributed by atoms with van der Waals surface area (Å²) in [6, 6.07) is 11.1. The number of nitrogens with zero attached hydrogens (tertiary/aromatic N) is 5. The molecule has 1 unspecified atom stereocenters. The second-order valence-electron chi connectivity index (χ2n) is 8.51. The van der Waals surface area contributed by atoms with E-state index in [0.717, 1.165) is 62.6 Å². The van der Waals surface area contributed by atoms with Crippen LogP contribution < -0.4 is 4.90 Å². The van der Waals surface area contributed by atoms with E-state index in [1.807, 2.05) is 24.3 Å². The van der Waals surface area contributed by atoms with Crippen molar-refractivity contribution < 1.29 is 17.7 Å². The number of hydrogen-bond donors (Lipinski definition) is 0. The van der Waals surface area contributed by atoms with E-state index in [2.05, 4.69) is 24.9 Å². The summed E-state index contributed by atoms with van der Waals surface area (Å²) in [4.78, 5) is 14.1. The lowest BCUT2D eigenvalue weighted by atomic mass is 10.2. The van der Waals surface area contributed by atoms with Gasteiger partial charge in [-0.1, -0.05) is 17.3 Å². The molecule has 2 aliphatic heterocycles. The van der Waals surface area contributed by atoms with Gasteiger partial charge in [0.1, 0.15) is 5.82 Å². The molecule has 3 aromatic rings. The topological polar surface area (TPSA) is 102 Å². The predicted octanol–water partition coefficient (Wildman–Crippen LogP) is 2.71. The van der Waals surface area contributed by atoms with Gasteiger partial charge in [-0.3, -0.25) is 4.90 Å². The largest absolute Gasteiger partial charge is 0.378 e. The average molecular weight is 470 g/mol. The van der Waals surface area contributed by atoms with Gasteiger partial charge in [0.25, 0.3) is 0 Å². The van der Waals surface area contributed by atoms with Gasteiger partial charge < -0.3 is 14.2 Å². The zero-order valence-electron chi connectivity index (χ0n) is 18.6. The van der Waals surface area contributed by atoms with Crippen molar-refractivity contribution in [3.8, 4) is 11.4 Å². The molecule has 2 fully saturated rings. The molecule has 4 heterocycles. The first-order valence-corrected chi connectivity index (χ1v) is 13.0. The number of hydrogen-bond acceptors (Lipinski definition) is 9. The van der Waals surface area contributed by atoms with Crippen LogP contribution in [0.25, 0.3) is 11.4 Å². The number of benzene rings is 1. The summed E-state index contributed by atoms with van der Waals surface area (Å²) >= 11 is 0. The summed E-state index contributed by atoms with van der Waals surface area (Å²) in [5.74, 6) is 2.07. The molecular formula is C23H27N5O4S. The first-order valence-electron chi connectivity index (χ1n) is 11.1. The quantitative estimate of drug-likeness (QED) is 0.539. The summed E-state index contributed by atoms with van der Waals surface area (Å²) in [6.07, 6.45) is 4.99. The molecule has 2 saturated heterocycles. The lowest BCUT2D eigenvalue weighted by Crippen LogP contribution is -2.36. The summed E-state index contributed by atoms with van der Waals surface area (Å²) < 4.78 is 34.4. The lowest BCUT2D eigenvalue weighted by molar-refractivity contribution is 0.122. The van der Waals surface area contributed by atoms with Crippen molar-refractivity contribution in [2.24, 2.45) is 0 Å². The van der Waals surface area contributed by atoms with Crippen molar-refractivity contribution in [3.63, 3.8) is 0 Å². The molecule has 174 valence electrons. The summed E-state index contributed by atoms with van der Waals surface area (Å²) in [7, 11) is -3.19. The van der Waals surface area contributed by atoms with Crippen molar-refractivity contribution in [1.29, 1.82) is 0 Å². The van der Waals surface area contributed by atoms with Crippen LogP contribution >= 0.6 is 0 Å². The zero-order valence-corrected chi connectivity index (χ0v) is 19.4. The molecule has 2 aromatic heterocycles. The highest BCUT2D eigenvalue weighted by molar-refractivity contribution is 7.90. The molecule has 0 spiro atoms. The Morgan fingerprint density at radius 3 is 2.55 bits per heavy atom. The fourth-order valence-electron chi connectivity index (χ4n) is 4.36. The van der Waals surface area contributed by atoms with Crippen molar-refractivity contribution in [2.45, 2.75) is 30.3 Å². The van der Waals surface area contributed by atoms with E-state index in [1.54, 1.807) is 18.3 Å². The van der Waals surface area contributed by atoms with E-state index < -0.39 is 9.84 Å². The third-order valence-corrected chi connectivity index (χ3v) is 7.30. The average Bonchev–Trinajstić information content (AvgIpc) is 3.49. The Morgan fingerprint density at radius 1 is 1.06 bits per heavy atom. The minimum Gasteiger partial charge on any atom is -0.378 e. The van der Waals surface area contributed by atoms with Crippen LogP contribution in [0.4, 0.5) is 5.82 Å². The van der Waals surface area contributed by atoms with Crippen LogP contribution in [0.15, 0.2) is 52.0 Å². The molecule has 10 heteroatoms. The van der Waals surface area contributed by atoms with Gasteiger partial charge in [0.2, 0.25) is 11.7 Å². The van der Waals surface area contributed by atoms with Gasteiger partial charge >= 0.3 is 0 Å². The first-order chi connectivity index (χ1) is 16.0. The van der Waals surface area contributed by atoms with Gasteiger partial charge in [0.15, 0.2) is 9.84 Å². The Morgan fingerprint density at radius 2 is 1.85 bits per heavy atom. The fraction of sp³-hybridized carbons (Fsp3) is 0.435. The van der Waals surface area contributed by atoms with Crippen LogP contribution in [0.3, 0.4) is 0 Å². The second kappa shape index (κ2) is 9.20. The number of aromatic nitrogens is 3. The predicted molar refractivity (Wildman–Crippen MR) is 122 cm³/mol. The maximum Gasteiger partial charge on any atom is 0.244 e. The monoisotopic (exact) mass is 469 g/mol. The van der Waals surface area contributed by atoms with Crippen LogP contribution in [0.2, 0.25) is 0 Å². The van der Waals surface area contributed by atoms with Crippen LogP contribution in [0, 0.1) is 0 Å². The van der Waals surface area contributed by atoms with Crippen LogP contribution in [-0.4, -0.2) is 67.5 Å². The number of pyridine rings is 1. The molecule has 9 nitrogen and oxygen atoms in total. The molecule has 33 heavy (non-hydrogen) atoms. The Balaban J connectivity index is 1.27. The molecular weight excluding hydrogens is 442 g/mol. The highest BCUT2D eigenvalue weighted by atomic mass is 32.2. The van der Waals surface area contributed by atoms with Crippen molar-refractivity contribution in [3.05, 3.63) is 54.0 Å². The summed E-state index contributed by atoms with van der Waals surface area (Å²) in [5.41, 5.74) is 1.87. The number of anilines is 1. The molecule has 2 aliphatic rings. The van der Waals surface area contributed by atoms with E-state index in [-0.39, 0.29) is 6.04 Å². The van der Waals surface area contributed by atoms with Crippen molar-refractivity contribution >= 4 is 15.7 Å². The van der Waals surface area contributed by atoms with E-state index in [1.165, 1.54) is 6.26 Å². The van der Waals surface area contributed by atoms with Gasteiger partial charge in [-0.05, 0) is 49.2 Å². The van der Waals surface area contributed by atoms with E-state index in [9.17, 15) is 8.42 Å². The Hall–Kier alpha value is -2.82. The highest BCUT2D eigenvalue weighted by Crippen LogP contribution is 2.33. The Bertz CT molecular complexity index is 1190. The fourth-order valence-corrected chi connectivity index (χ4v) is 4.99. The van der Waals surface area contributed by atoms with Crippen LogP contribution in [-0.2, 0) is 21.1 Å². The van der Waals surface area contributed by atoms with Gasteiger partial charge in [0, 0.05) is 37.7 Å². The molecule has 0 saturated carbocycles. The van der Waals surface area contributed by atoms with E-state index in [0.29, 0.717) is 23.2 Å².